The molecule has 0 N–H and O–H groups in total. The van der Waals surface area contributed by atoms with Gasteiger partial charge in [0.05, 0.1) is 34.7 Å². The van der Waals surface area contributed by atoms with Crippen molar-refractivity contribution in [3.05, 3.63) is 60.3 Å². The van der Waals surface area contributed by atoms with Crippen molar-refractivity contribution in [1.29, 1.82) is 10.5 Å². The quantitative estimate of drug-likeness (QED) is 0.190. The molecule has 0 amide bonds. The third-order valence-corrected chi connectivity index (χ3v) is 9.24. The molecule has 1 aliphatic rings. The molecule has 11 heteroatoms. The first kappa shape index (κ1) is 27.5. The van der Waals surface area contributed by atoms with Crippen molar-refractivity contribution in [2.24, 2.45) is 5.92 Å². The van der Waals surface area contributed by atoms with E-state index >= 15 is 0 Å². The van der Waals surface area contributed by atoms with Crippen LogP contribution >= 0.6 is 0 Å². The smallest absolute Gasteiger partial charge is 0.145 e. The van der Waals surface area contributed by atoms with Gasteiger partial charge in [-0.15, -0.1) is 0 Å². The fourth-order valence-corrected chi connectivity index (χ4v) is 6.02. The van der Waals surface area contributed by atoms with Crippen LogP contribution in [-0.4, -0.2) is 58.8 Å². The summed E-state index contributed by atoms with van der Waals surface area (Å²) in [4.78, 5) is 11.1. The van der Waals surface area contributed by atoms with E-state index in [9.17, 15) is 14.9 Å². The van der Waals surface area contributed by atoms with Crippen LogP contribution in [0.5, 0.6) is 0 Å². The lowest BCUT2D eigenvalue weighted by Gasteiger charge is -2.23. The molecular formula is C29H33FN8OSi. The topological polar surface area (TPSA) is 109 Å². The van der Waals surface area contributed by atoms with Gasteiger partial charge < -0.3 is 14.2 Å². The van der Waals surface area contributed by atoms with Crippen LogP contribution in [0.15, 0.2) is 49.2 Å². The Labute approximate surface area is 234 Å². The third kappa shape index (κ3) is 5.62. The molecule has 3 aromatic heterocycles. The lowest BCUT2D eigenvalue weighted by molar-refractivity contribution is 0.0899. The molecule has 9 nitrogen and oxygen atoms in total. The number of fused-ring (bicyclic) bond motifs is 1. The monoisotopic (exact) mass is 556 g/mol. The third-order valence-electron chi connectivity index (χ3n) is 7.54. The van der Waals surface area contributed by atoms with Crippen LogP contribution in [0, 0.1) is 28.6 Å². The summed E-state index contributed by atoms with van der Waals surface area (Å²) in [5, 5.41) is 24.5. The van der Waals surface area contributed by atoms with Crippen molar-refractivity contribution in [1.82, 2.24) is 24.3 Å². The van der Waals surface area contributed by atoms with Crippen molar-refractivity contribution in [3.8, 4) is 23.4 Å². The summed E-state index contributed by atoms with van der Waals surface area (Å²) in [6, 6.07) is 12.2. The molecule has 4 aromatic rings. The van der Waals surface area contributed by atoms with Crippen molar-refractivity contribution in [2.45, 2.75) is 44.9 Å². The molecule has 0 radical (unpaired) electrons. The zero-order chi connectivity index (χ0) is 28.3. The second kappa shape index (κ2) is 11.6. The average molecular weight is 557 g/mol. The first-order valence-corrected chi connectivity index (χ1v) is 17.2. The number of alkyl halides is 1. The lowest BCUT2D eigenvalue weighted by atomic mass is 10.00. The molecule has 1 saturated heterocycles. The Kier molecular flexibility index (Phi) is 7.96. The highest BCUT2D eigenvalue weighted by atomic mass is 28.3. The molecule has 206 valence electrons. The molecule has 40 heavy (non-hydrogen) atoms. The van der Waals surface area contributed by atoms with Gasteiger partial charge in [-0.2, -0.15) is 15.6 Å². The van der Waals surface area contributed by atoms with Gasteiger partial charge >= 0.3 is 0 Å². The Bertz CT molecular complexity index is 1580. The fraction of sp³-hybridized carbons (Fsp3) is 0.414. The van der Waals surface area contributed by atoms with Crippen molar-refractivity contribution < 1.29 is 9.13 Å². The fourth-order valence-electron chi connectivity index (χ4n) is 5.27. The van der Waals surface area contributed by atoms with Crippen LogP contribution < -0.4 is 4.90 Å². The van der Waals surface area contributed by atoms with E-state index in [1.54, 1.807) is 23.0 Å². The van der Waals surface area contributed by atoms with Crippen molar-refractivity contribution >= 4 is 24.8 Å². The molecular weight excluding hydrogens is 523 g/mol. The van der Waals surface area contributed by atoms with Gasteiger partial charge in [0, 0.05) is 57.0 Å². The normalized spacial score (nSPS) is 16.2. The summed E-state index contributed by atoms with van der Waals surface area (Å²) in [5.74, 6) is -0.00477. The van der Waals surface area contributed by atoms with Gasteiger partial charge in [0.25, 0.3) is 0 Å². The molecule has 2 atom stereocenters. The van der Waals surface area contributed by atoms with Gasteiger partial charge in [0.2, 0.25) is 0 Å². The van der Waals surface area contributed by atoms with E-state index in [2.05, 4.69) is 51.7 Å². The molecule has 1 unspecified atom stereocenters. The van der Waals surface area contributed by atoms with E-state index < -0.39 is 20.8 Å². The second-order valence-corrected chi connectivity index (χ2v) is 17.1. The number of rotatable bonds is 10. The van der Waals surface area contributed by atoms with Crippen LogP contribution in [0.4, 0.5) is 10.1 Å². The van der Waals surface area contributed by atoms with E-state index in [4.69, 9.17) is 4.74 Å². The van der Waals surface area contributed by atoms with Crippen LogP contribution in [0.1, 0.15) is 23.6 Å². The van der Waals surface area contributed by atoms with Crippen LogP contribution in [0.25, 0.3) is 22.3 Å². The Morgan fingerprint density at radius 1 is 1.18 bits per heavy atom. The Hall–Kier alpha value is -4.06. The van der Waals surface area contributed by atoms with Gasteiger partial charge in [-0.1, -0.05) is 25.7 Å². The number of aromatic nitrogens is 5. The van der Waals surface area contributed by atoms with Crippen LogP contribution in [0.3, 0.4) is 0 Å². The summed E-state index contributed by atoms with van der Waals surface area (Å²) in [5.41, 5.74) is 3.77. The second-order valence-electron chi connectivity index (χ2n) is 11.4. The number of anilines is 1. The van der Waals surface area contributed by atoms with Gasteiger partial charge in [0.1, 0.15) is 37.5 Å². The van der Waals surface area contributed by atoms with E-state index in [-0.39, 0.29) is 5.92 Å². The minimum absolute atomic E-state index is 0.00477. The molecule has 1 aliphatic heterocycles. The minimum atomic E-state index is -1.16. The molecule has 0 saturated carbocycles. The Balaban J connectivity index is 1.32. The summed E-state index contributed by atoms with van der Waals surface area (Å²) in [6.07, 6.45) is 7.83. The number of halogens is 1. The maximum absolute atomic E-state index is 14.5. The summed E-state index contributed by atoms with van der Waals surface area (Å²) >= 11 is 0. The highest BCUT2D eigenvalue weighted by molar-refractivity contribution is 6.76. The molecule has 1 aromatic carbocycles. The predicted molar refractivity (Wildman–Crippen MR) is 154 cm³/mol. The average Bonchev–Trinajstić information content (AvgIpc) is 3.71. The molecule has 5 rings (SSSR count). The Morgan fingerprint density at radius 3 is 2.77 bits per heavy atom. The van der Waals surface area contributed by atoms with Gasteiger partial charge in [-0.25, -0.2) is 14.4 Å². The lowest BCUT2D eigenvalue weighted by Crippen LogP contribution is -2.26. The first-order valence-electron chi connectivity index (χ1n) is 13.5. The zero-order valence-corrected chi connectivity index (χ0v) is 24.1. The van der Waals surface area contributed by atoms with Crippen LogP contribution in [-0.2, 0) is 11.5 Å². The first-order chi connectivity index (χ1) is 19.3. The van der Waals surface area contributed by atoms with E-state index in [0.29, 0.717) is 30.9 Å². The number of nitrogens with zero attached hydrogens (tertiary/aromatic N) is 8. The molecule has 1 fully saturated rings. The number of hydrogen-bond acceptors (Lipinski definition) is 7. The van der Waals surface area contributed by atoms with Gasteiger partial charge in [-0.3, -0.25) is 4.68 Å². The van der Waals surface area contributed by atoms with Crippen molar-refractivity contribution in [2.75, 3.05) is 31.3 Å². The Morgan fingerprint density at radius 2 is 2.02 bits per heavy atom. The summed E-state index contributed by atoms with van der Waals surface area (Å²) in [7, 11) is -1.16. The van der Waals surface area contributed by atoms with Crippen LogP contribution in [0.2, 0.25) is 25.7 Å². The van der Waals surface area contributed by atoms with E-state index in [1.807, 2.05) is 29.1 Å². The number of hydrogen-bond donors (Lipinski definition) is 0. The van der Waals surface area contributed by atoms with E-state index in [1.165, 1.54) is 6.33 Å². The largest absolute Gasteiger partial charge is 0.370 e. The highest BCUT2D eigenvalue weighted by Crippen LogP contribution is 2.35. The van der Waals surface area contributed by atoms with E-state index in [0.717, 1.165) is 47.0 Å². The van der Waals surface area contributed by atoms with Gasteiger partial charge in [-0.05, 0) is 30.7 Å². The molecule has 0 bridgehead atoms. The number of nitriles is 2. The number of benzene rings is 1. The van der Waals surface area contributed by atoms with Gasteiger partial charge in [0.15, 0.2) is 0 Å². The zero-order valence-electron chi connectivity index (χ0n) is 23.1. The molecule has 0 spiro atoms. The summed E-state index contributed by atoms with van der Waals surface area (Å²) < 4.78 is 24.1. The number of ether oxygens (including phenoxy) is 1. The maximum Gasteiger partial charge on any atom is 0.145 e. The minimum Gasteiger partial charge on any atom is -0.370 e. The maximum atomic E-state index is 14.5. The molecule has 4 heterocycles. The summed E-state index contributed by atoms with van der Waals surface area (Å²) in [6.45, 7) is 8.84. The standard InChI is InChI=1S/C29H33FN8OSi/c1-40(2,3)12-11-39-20-37-10-8-24-28(33-19-34-29(24)37)23-16-35-38(18-23)27(13-30)22-7-9-36(17-22)26-6-4-5-21(14-31)25(26)15-32/h4-6,8,10,16,18-19,22,27H,7,9,11-13,17,20H2,1-3H3/t22-,27?/m0/s1. The highest BCUT2D eigenvalue weighted by Gasteiger charge is 2.33. The SMILES string of the molecule is C[Si](C)(C)CCOCn1ccc2c(-c3cnn(C(CF)[C@H]4CCN(c5cccc(C#N)c5C#N)C4)c3)ncnc21. The predicted octanol–water partition coefficient (Wildman–Crippen LogP) is 5.39. The molecule has 0 aliphatic carbocycles. The van der Waals surface area contributed by atoms with Crippen molar-refractivity contribution in [3.63, 3.8) is 0 Å².